The molecular weight excluding hydrogens is 805 g/mol. The lowest BCUT2D eigenvalue weighted by Gasteiger charge is -2.36. The van der Waals surface area contributed by atoms with Gasteiger partial charge in [0.05, 0.1) is 0 Å². The van der Waals surface area contributed by atoms with Crippen LogP contribution in [0.1, 0.15) is 66.1 Å². The Bertz CT molecular complexity index is 3300. The number of nitrogens with one attached hydrogen (secondary N) is 1. The molecule has 1 N–H and O–H groups in total. The number of rotatable bonds is 8. The highest BCUT2D eigenvalue weighted by molar-refractivity contribution is 6.13. The lowest BCUT2D eigenvalue weighted by atomic mass is 9.68. The third-order valence-corrected chi connectivity index (χ3v) is 13.6. The fourth-order valence-electron chi connectivity index (χ4n) is 10.4. The molecule has 1 unspecified atom stereocenters. The van der Waals surface area contributed by atoms with Crippen molar-refractivity contribution >= 4 is 11.7 Å². The van der Waals surface area contributed by atoms with Gasteiger partial charge >= 0.3 is 0 Å². The molecule has 1 aliphatic heterocycles. The minimum Gasteiger partial charge on any atom is -0.344 e. The van der Waals surface area contributed by atoms with Gasteiger partial charge in [0.2, 0.25) is 0 Å². The Balaban J connectivity index is 0.882. The molecule has 1 fully saturated rings. The number of hydrogen-bond donors (Lipinski definition) is 1. The van der Waals surface area contributed by atoms with Gasteiger partial charge in [0.1, 0.15) is 12.0 Å². The summed E-state index contributed by atoms with van der Waals surface area (Å²) >= 11 is 0. The second-order valence-electron chi connectivity index (χ2n) is 17.6. The predicted octanol–water partition coefficient (Wildman–Crippen LogP) is 13.9. The zero-order chi connectivity index (χ0) is 43.9. The monoisotopic (exact) mass is 850 g/mol. The Hall–Kier alpha value is -8.09. The predicted molar refractivity (Wildman–Crippen MR) is 268 cm³/mol. The topological polar surface area (TPSA) is 75.4 Å². The first kappa shape index (κ1) is 39.5. The highest BCUT2D eigenvalue weighted by Crippen LogP contribution is 2.57. The summed E-state index contributed by atoms with van der Waals surface area (Å²) in [5.41, 5.74) is 16.0. The average Bonchev–Trinajstić information content (AvgIpc) is 3.67. The van der Waals surface area contributed by atoms with Gasteiger partial charge in [-0.25, -0.2) is 24.9 Å². The number of aromatic nitrogens is 3. The first-order chi connectivity index (χ1) is 32.7. The van der Waals surface area contributed by atoms with Gasteiger partial charge in [-0.05, 0) is 75.0 Å². The Labute approximate surface area is 385 Å². The Morgan fingerprint density at radius 2 is 0.909 bits per heavy atom. The highest BCUT2D eigenvalue weighted by atomic mass is 15.2. The molecule has 0 amide bonds. The Morgan fingerprint density at radius 3 is 1.62 bits per heavy atom. The summed E-state index contributed by atoms with van der Waals surface area (Å²) in [5.74, 6) is 3.53. The van der Waals surface area contributed by atoms with Crippen LogP contribution in [0.2, 0.25) is 0 Å². The maximum absolute atomic E-state index is 5.33. The second kappa shape index (κ2) is 16.8. The van der Waals surface area contributed by atoms with Crippen molar-refractivity contribution in [2.45, 2.75) is 43.7 Å². The molecule has 0 bridgehead atoms. The summed E-state index contributed by atoms with van der Waals surface area (Å²) in [6.07, 6.45) is 5.84. The zero-order valence-corrected chi connectivity index (χ0v) is 36.5. The van der Waals surface area contributed by atoms with Gasteiger partial charge in [0.15, 0.2) is 23.3 Å². The lowest BCUT2D eigenvalue weighted by molar-refractivity contribution is 0.353. The fraction of sp³-hybridized carbons (Fsp3) is 0.117. The standard InChI is InChI=1S/C60H46N6/c1-5-18-41(19-6-1)54-61-55(42-20-7-2-8-21-42)63-57(62-54)44-34-32-40(33-35-44)45-24-15-25-46(38-45)47-26-16-27-48(39-47)58-64-56(43-22-9-3-10-23-43)65-59(66-58)50-29-17-31-52-53(50)49-28-11-12-30-51(49)60(52)36-13-4-14-37-60/h1-3,5-12,15-35,38-39,57H,4,13-14,36-37H2,(H,61,62,63). The van der Waals surface area contributed by atoms with Crippen molar-refractivity contribution in [1.82, 2.24) is 20.3 Å². The molecule has 1 spiro atoms. The molecule has 0 saturated heterocycles. The van der Waals surface area contributed by atoms with Gasteiger partial charge in [-0.3, -0.25) is 0 Å². The van der Waals surface area contributed by atoms with E-state index >= 15 is 0 Å². The van der Waals surface area contributed by atoms with Gasteiger partial charge in [0.25, 0.3) is 0 Å². The molecule has 2 heterocycles. The SMILES string of the molecule is c1ccc(C2=NC(c3ccc(-c4cccc(-c5cccc(-c6nc(-c7ccccc7)nc(-c7cccc8c7-c7ccccc7C87CCCCC7)n6)c5)c4)cc3)NC(c3ccccc3)=N2)cc1. The summed E-state index contributed by atoms with van der Waals surface area (Å²) < 4.78 is 0. The van der Waals surface area contributed by atoms with Crippen molar-refractivity contribution in [1.29, 1.82) is 0 Å². The van der Waals surface area contributed by atoms with E-state index in [9.17, 15) is 0 Å². The summed E-state index contributed by atoms with van der Waals surface area (Å²) in [5, 5.41) is 3.60. The van der Waals surface area contributed by atoms with Gasteiger partial charge in [-0.2, -0.15) is 0 Å². The van der Waals surface area contributed by atoms with Crippen molar-refractivity contribution < 1.29 is 0 Å². The van der Waals surface area contributed by atoms with Crippen LogP contribution in [0.3, 0.4) is 0 Å². The average molecular weight is 851 g/mol. The van der Waals surface area contributed by atoms with E-state index in [1.165, 1.54) is 54.4 Å². The lowest BCUT2D eigenvalue weighted by Crippen LogP contribution is -2.33. The van der Waals surface area contributed by atoms with E-state index < -0.39 is 0 Å². The van der Waals surface area contributed by atoms with Crippen molar-refractivity contribution in [2.24, 2.45) is 9.98 Å². The third-order valence-electron chi connectivity index (χ3n) is 13.6. The van der Waals surface area contributed by atoms with Crippen molar-refractivity contribution in [2.75, 3.05) is 0 Å². The number of fused-ring (bicyclic) bond motifs is 5. The molecule has 1 aromatic heterocycles. The van der Waals surface area contributed by atoms with Gasteiger partial charge in [-0.1, -0.05) is 213 Å². The van der Waals surface area contributed by atoms with Gasteiger partial charge in [-0.15, -0.1) is 0 Å². The van der Waals surface area contributed by atoms with Crippen LogP contribution in [0, 0.1) is 0 Å². The molecule has 1 atom stereocenters. The van der Waals surface area contributed by atoms with Crippen LogP contribution >= 0.6 is 0 Å². The number of benzene rings is 8. The van der Waals surface area contributed by atoms with Crippen LogP contribution in [0.4, 0.5) is 0 Å². The minimum atomic E-state index is -0.290. The first-order valence-corrected chi connectivity index (χ1v) is 23.1. The molecule has 1 saturated carbocycles. The molecule has 0 radical (unpaired) electrons. The van der Waals surface area contributed by atoms with Crippen molar-refractivity contribution in [3.8, 4) is 67.5 Å². The van der Waals surface area contributed by atoms with E-state index in [1.54, 1.807) is 0 Å². The van der Waals surface area contributed by atoms with Crippen LogP contribution < -0.4 is 5.32 Å². The highest BCUT2D eigenvalue weighted by Gasteiger charge is 2.44. The number of amidine groups is 2. The van der Waals surface area contributed by atoms with Crippen LogP contribution in [-0.4, -0.2) is 26.6 Å². The third kappa shape index (κ3) is 7.21. The second-order valence-corrected chi connectivity index (χ2v) is 17.6. The van der Waals surface area contributed by atoms with Crippen LogP contribution in [0.15, 0.2) is 216 Å². The van der Waals surface area contributed by atoms with E-state index in [0.29, 0.717) is 23.3 Å². The number of nitrogens with zero attached hydrogens (tertiary/aromatic N) is 5. The summed E-state index contributed by atoms with van der Waals surface area (Å²) in [4.78, 5) is 25.8. The molecular formula is C60H46N6. The van der Waals surface area contributed by atoms with Crippen LogP contribution in [-0.2, 0) is 5.41 Å². The van der Waals surface area contributed by atoms with Crippen molar-refractivity contribution in [3.63, 3.8) is 0 Å². The smallest absolute Gasteiger partial charge is 0.164 e. The quantitative estimate of drug-likeness (QED) is 0.165. The minimum absolute atomic E-state index is 0.0405. The number of hydrogen-bond acceptors (Lipinski definition) is 6. The molecule has 316 valence electrons. The maximum atomic E-state index is 5.33. The molecule has 9 aromatic rings. The Morgan fingerprint density at radius 1 is 0.394 bits per heavy atom. The summed E-state index contributed by atoms with van der Waals surface area (Å²) in [6.45, 7) is 0. The summed E-state index contributed by atoms with van der Waals surface area (Å²) in [6, 6.07) is 72.5. The molecule has 3 aliphatic rings. The molecule has 12 rings (SSSR count). The van der Waals surface area contributed by atoms with E-state index in [-0.39, 0.29) is 11.6 Å². The molecule has 2 aliphatic carbocycles. The maximum Gasteiger partial charge on any atom is 0.164 e. The molecule has 6 nitrogen and oxygen atoms in total. The summed E-state index contributed by atoms with van der Waals surface area (Å²) in [7, 11) is 0. The van der Waals surface area contributed by atoms with Crippen LogP contribution in [0.25, 0.3) is 67.5 Å². The number of aliphatic imine (C=N–C) groups is 2. The van der Waals surface area contributed by atoms with Crippen LogP contribution in [0.5, 0.6) is 0 Å². The molecule has 66 heavy (non-hydrogen) atoms. The Kier molecular flexibility index (Phi) is 10.1. The fourth-order valence-corrected chi connectivity index (χ4v) is 10.4. The zero-order valence-electron chi connectivity index (χ0n) is 36.5. The van der Waals surface area contributed by atoms with Gasteiger partial charge < -0.3 is 5.32 Å². The van der Waals surface area contributed by atoms with E-state index in [4.69, 9.17) is 24.9 Å². The van der Waals surface area contributed by atoms with E-state index in [2.05, 4.69) is 157 Å². The van der Waals surface area contributed by atoms with Gasteiger partial charge in [0, 0.05) is 33.2 Å². The largest absolute Gasteiger partial charge is 0.344 e. The van der Waals surface area contributed by atoms with E-state index in [0.717, 1.165) is 61.5 Å². The molecule has 8 aromatic carbocycles. The first-order valence-electron chi connectivity index (χ1n) is 23.1. The van der Waals surface area contributed by atoms with Crippen molar-refractivity contribution in [3.05, 3.63) is 234 Å². The normalized spacial score (nSPS) is 15.8. The molecule has 6 heteroatoms. The van der Waals surface area contributed by atoms with E-state index in [1.807, 2.05) is 54.6 Å².